The van der Waals surface area contributed by atoms with E-state index in [4.69, 9.17) is 33.5 Å². The molecule has 47 heavy (non-hydrogen) atoms. The van der Waals surface area contributed by atoms with Gasteiger partial charge in [0, 0.05) is 20.5 Å². The van der Waals surface area contributed by atoms with Crippen molar-refractivity contribution in [3.05, 3.63) is 12.7 Å². The fourth-order valence-corrected chi connectivity index (χ4v) is 8.27. The SMILES string of the molecule is C=CC(=O)NC(C)C.CCCCSC(=S)SC(C)C(=O)OC.CCCCSC(=S)SC(CC(C)C(=O)OC)C(=O)NC(C)C.[B].[NH]=[Al]. The molecule has 0 aliphatic rings. The van der Waals surface area contributed by atoms with E-state index in [0.717, 1.165) is 37.8 Å². The molecule has 3 N–H and O–H groups in total. The average Bonchev–Trinajstić information content (AvgIpc) is 3.00. The van der Waals surface area contributed by atoms with Crippen LogP contribution in [0.5, 0.6) is 0 Å². The number of unbranched alkanes of at least 4 members (excludes halogenated alkanes) is 2. The van der Waals surface area contributed by atoms with Gasteiger partial charge in [0.15, 0.2) is 0 Å². The van der Waals surface area contributed by atoms with Gasteiger partial charge in [0.05, 0.1) is 25.4 Å². The normalized spacial score (nSPS) is 11.6. The topological polar surface area (TPSA) is 135 Å². The number of amides is 2. The number of thioether (sulfide) groups is 4. The summed E-state index contributed by atoms with van der Waals surface area (Å²) in [4.78, 5) is 45.4. The van der Waals surface area contributed by atoms with Crippen molar-refractivity contribution >= 4 is 127 Å². The summed E-state index contributed by atoms with van der Waals surface area (Å²) >= 11 is 18.2. The molecule has 268 valence electrons. The molecule has 9 nitrogen and oxygen atoms in total. The predicted molar refractivity (Wildman–Crippen MR) is 217 cm³/mol. The first-order valence-electron chi connectivity index (χ1n) is 14.9. The summed E-state index contributed by atoms with van der Waals surface area (Å²) < 4.78 is 16.6. The minimum atomic E-state index is -0.363. The molecule has 0 rings (SSSR count). The Balaban J connectivity index is -0.000000201. The van der Waals surface area contributed by atoms with Crippen molar-refractivity contribution in [3.63, 3.8) is 0 Å². The number of hydrogen-bond acceptors (Lipinski definition) is 13. The van der Waals surface area contributed by atoms with Crippen LogP contribution < -0.4 is 10.6 Å². The number of carbonyl (C=O) groups is 4. The molecular weight excluding hydrogens is 729 g/mol. The second-order valence-electron chi connectivity index (χ2n) is 9.98. The molecule has 0 spiro atoms. The van der Waals surface area contributed by atoms with Crippen LogP contribution in [-0.2, 0) is 28.7 Å². The number of methoxy groups -OCH3 is 2. The monoisotopic (exact) mass is 783 g/mol. The van der Waals surface area contributed by atoms with Gasteiger partial charge in [-0.15, -0.1) is 23.5 Å². The van der Waals surface area contributed by atoms with E-state index in [9.17, 15) is 19.2 Å². The van der Waals surface area contributed by atoms with Crippen LogP contribution in [0.2, 0.25) is 0 Å². The summed E-state index contributed by atoms with van der Waals surface area (Å²) in [5.41, 5.74) is 0. The summed E-state index contributed by atoms with van der Waals surface area (Å²) in [6, 6.07) is 0.269. The second-order valence-corrected chi connectivity index (χ2v) is 17.1. The molecule has 0 fully saturated rings. The molecule has 0 aromatic rings. The van der Waals surface area contributed by atoms with E-state index >= 15 is 0 Å². The molecular formula is C30H55AlBN3O6S6. The van der Waals surface area contributed by atoms with Gasteiger partial charge in [0.2, 0.25) is 11.8 Å². The minimum absolute atomic E-state index is 0. The number of hydrogen-bond donors (Lipinski definition) is 3. The van der Waals surface area contributed by atoms with Crippen LogP contribution in [0.3, 0.4) is 0 Å². The van der Waals surface area contributed by atoms with Crippen molar-refractivity contribution in [1.29, 1.82) is 4.35 Å². The first-order chi connectivity index (χ1) is 21.6. The average molecular weight is 784 g/mol. The molecule has 0 aliphatic heterocycles. The molecule has 17 heteroatoms. The van der Waals surface area contributed by atoms with E-state index < -0.39 is 0 Å². The Labute approximate surface area is 322 Å². The van der Waals surface area contributed by atoms with Crippen LogP contribution in [-0.4, -0.2) is 104 Å². The summed E-state index contributed by atoms with van der Waals surface area (Å²) in [7, 11) is 2.76. The predicted octanol–water partition coefficient (Wildman–Crippen LogP) is 6.96. The molecule has 3 atom stereocenters. The first-order valence-corrected chi connectivity index (χ1v) is 20.1. The molecule has 0 heterocycles. The number of ether oxygens (including phenoxy) is 2. The Hall–Kier alpha value is -0.403. The van der Waals surface area contributed by atoms with Gasteiger partial charge in [-0.1, -0.05) is 88.2 Å². The van der Waals surface area contributed by atoms with Crippen molar-refractivity contribution in [3.8, 4) is 0 Å². The van der Waals surface area contributed by atoms with E-state index in [0.29, 0.717) is 6.42 Å². The van der Waals surface area contributed by atoms with Crippen LogP contribution in [0, 0.1) is 10.3 Å². The summed E-state index contributed by atoms with van der Waals surface area (Å²) in [5, 5.41) is 4.98. The Morgan fingerprint density at radius 2 is 1.23 bits per heavy atom. The van der Waals surface area contributed by atoms with Gasteiger partial charge >= 0.3 is 32.4 Å². The van der Waals surface area contributed by atoms with Crippen LogP contribution in [0.4, 0.5) is 0 Å². The van der Waals surface area contributed by atoms with Gasteiger partial charge < -0.3 is 20.1 Å². The zero-order valence-electron chi connectivity index (χ0n) is 29.7. The Bertz CT molecular complexity index is 906. The molecule has 0 bridgehead atoms. The molecule has 0 aromatic heterocycles. The fourth-order valence-electron chi connectivity index (χ4n) is 2.69. The van der Waals surface area contributed by atoms with Gasteiger partial charge in [-0.05, 0) is 71.5 Å². The molecule has 0 saturated carbocycles. The number of nitrogens with one attached hydrogen (secondary N) is 3. The van der Waals surface area contributed by atoms with Crippen LogP contribution in [0.1, 0.15) is 87.5 Å². The number of thiocarbonyl (C=S) groups is 2. The third-order valence-corrected chi connectivity index (χ3v) is 10.6. The van der Waals surface area contributed by atoms with E-state index in [-0.39, 0.29) is 60.7 Å². The quantitative estimate of drug-likeness (QED) is 0.0491. The van der Waals surface area contributed by atoms with Crippen molar-refractivity contribution in [2.45, 2.75) is 110 Å². The first kappa shape index (κ1) is 56.0. The Morgan fingerprint density at radius 1 is 0.809 bits per heavy atom. The molecule has 4 radical (unpaired) electrons. The van der Waals surface area contributed by atoms with Crippen molar-refractivity contribution in [2.24, 2.45) is 5.92 Å². The van der Waals surface area contributed by atoms with E-state index in [1.807, 2.05) is 34.6 Å². The second kappa shape index (κ2) is 38.4. The van der Waals surface area contributed by atoms with Crippen molar-refractivity contribution in [1.82, 2.24) is 10.6 Å². The summed E-state index contributed by atoms with van der Waals surface area (Å²) in [6.45, 7) is 18.8. The van der Waals surface area contributed by atoms with E-state index in [2.05, 4.69) is 35.8 Å². The third-order valence-electron chi connectivity index (χ3n) is 4.99. The number of rotatable bonds is 16. The van der Waals surface area contributed by atoms with Gasteiger partial charge in [0.25, 0.3) is 0 Å². The van der Waals surface area contributed by atoms with Gasteiger partial charge in [-0.3, -0.25) is 19.2 Å². The zero-order chi connectivity index (χ0) is 36.7. The summed E-state index contributed by atoms with van der Waals surface area (Å²) in [6.07, 6.45) is 6.25. The number of carbonyl (C=O) groups excluding carboxylic acids is 4. The molecule has 0 aromatic carbocycles. The molecule has 2 amide bonds. The van der Waals surface area contributed by atoms with E-state index in [1.165, 1.54) is 50.2 Å². The maximum atomic E-state index is 12.3. The Kier molecular flexibility index (Phi) is 45.7. The van der Waals surface area contributed by atoms with Gasteiger partial charge in [0.1, 0.15) is 12.3 Å². The number of esters is 2. The molecule has 0 aliphatic carbocycles. The van der Waals surface area contributed by atoms with Crippen LogP contribution in [0.15, 0.2) is 12.7 Å². The van der Waals surface area contributed by atoms with Crippen LogP contribution in [0.25, 0.3) is 0 Å². The van der Waals surface area contributed by atoms with Gasteiger partial charge in [-0.25, -0.2) is 0 Å². The zero-order valence-corrected chi connectivity index (χ0v) is 35.7. The van der Waals surface area contributed by atoms with Crippen LogP contribution >= 0.6 is 71.5 Å². The van der Waals surface area contributed by atoms with Gasteiger partial charge in [-0.2, -0.15) is 0 Å². The van der Waals surface area contributed by atoms with E-state index in [1.54, 1.807) is 46.5 Å². The summed E-state index contributed by atoms with van der Waals surface area (Å²) in [5.74, 6) is 0.975. The third kappa shape index (κ3) is 38.3. The maximum absolute atomic E-state index is 12.3. The van der Waals surface area contributed by atoms with Crippen molar-refractivity contribution < 1.29 is 28.7 Å². The fraction of sp³-hybridized carbons (Fsp3) is 0.733. The Morgan fingerprint density at radius 3 is 1.57 bits per heavy atom. The standard InChI is InChI=1S/C15H27NO3S3.C9H16O2S3.C6H11NO.Al.B.HN/c1-6-7-8-21-15(20)22-12(13(17)16-10(2)3)9-11(4)14(18)19-5;1-4-5-6-13-9(12)14-7(2)8(10)11-3;1-4-6(8)7-5(2)3;;;/h10-12H,6-9H2,1-5H3,(H,16,17);7H,4-6H2,1-3H3;4-5H,1H2,2-3H3,(H,7,8);;;1H. The molecule has 3 unspecified atom stereocenters. The molecule has 0 saturated heterocycles. The van der Waals surface area contributed by atoms with Crippen molar-refractivity contribution in [2.75, 3.05) is 25.7 Å².